The van der Waals surface area contributed by atoms with Crippen LogP contribution >= 0.6 is 11.8 Å². The number of rotatable bonds is 6. The fraction of sp³-hybridized carbons (Fsp3) is 0.211. The largest absolute Gasteiger partial charge is 0.382 e. The lowest BCUT2D eigenvalue weighted by molar-refractivity contribution is 0.0946. The summed E-state index contributed by atoms with van der Waals surface area (Å²) >= 11 is 1.69. The predicted molar refractivity (Wildman–Crippen MR) is 104 cm³/mol. The lowest BCUT2D eigenvalue weighted by Gasteiger charge is -2.06. The quantitative estimate of drug-likeness (QED) is 0.654. The molecule has 6 nitrogen and oxygen atoms in total. The summed E-state index contributed by atoms with van der Waals surface area (Å²) in [4.78, 5) is 13.5. The van der Waals surface area contributed by atoms with Crippen LogP contribution in [0.15, 0.2) is 53.4 Å². The van der Waals surface area contributed by atoms with E-state index >= 15 is 0 Å². The molecule has 0 fully saturated rings. The van der Waals surface area contributed by atoms with Crippen LogP contribution in [0.2, 0.25) is 0 Å². The first-order valence-electron chi connectivity index (χ1n) is 8.22. The van der Waals surface area contributed by atoms with E-state index in [-0.39, 0.29) is 17.4 Å². The highest BCUT2D eigenvalue weighted by Gasteiger charge is 2.17. The summed E-state index contributed by atoms with van der Waals surface area (Å²) in [5.41, 5.74) is 9.46. The van der Waals surface area contributed by atoms with Crippen LogP contribution in [0.1, 0.15) is 27.2 Å². The molecule has 1 amide bonds. The minimum atomic E-state index is -0.327. The molecule has 0 bridgehead atoms. The van der Waals surface area contributed by atoms with Gasteiger partial charge in [0.1, 0.15) is 0 Å². The van der Waals surface area contributed by atoms with Crippen LogP contribution in [-0.4, -0.2) is 27.2 Å². The second-order valence-electron chi connectivity index (χ2n) is 6.00. The van der Waals surface area contributed by atoms with E-state index in [1.165, 1.54) is 15.1 Å². The second-order valence-corrected chi connectivity index (χ2v) is 6.88. The minimum Gasteiger partial charge on any atom is -0.382 e. The lowest BCUT2D eigenvalue weighted by Crippen LogP contribution is -2.24. The number of nitrogens with one attached hydrogen (secondary N) is 1. The zero-order chi connectivity index (χ0) is 18.5. The smallest absolute Gasteiger partial charge is 0.275 e. The molecule has 7 heteroatoms. The highest BCUT2D eigenvalue weighted by Crippen LogP contribution is 2.16. The molecule has 0 aliphatic carbocycles. The maximum absolute atomic E-state index is 12.3. The van der Waals surface area contributed by atoms with Crippen molar-refractivity contribution >= 4 is 23.5 Å². The molecule has 0 saturated heterocycles. The van der Waals surface area contributed by atoms with Crippen molar-refractivity contribution in [2.24, 2.45) is 0 Å². The third kappa shape index (κ3) is 4.23. The van der Waals surface area contributed by atoms with Gasteiger partial charge in [0.25, 0.3) is 5.91 Å². The monoisotopic (exact) mass is 367 g/mol. The molecule has 1 aromatic heterocycles. The summed E-state index contributed by atoms with van der Waals surface area (Å²) in [6, 6.07) is 16.1. The Labute approximate surface area is 156 Å². The van der Waals surface area contributed by atoms with Gasteiger partial charge in [0.2, 0.25) is 0 Å². The van der Waals surface area contributed by atoms with Gasteiger partial charge in [-0.25, -0.2) is 4.68 Å². The molecule has 3 N–H and O–H groups in total. The Kier molecular flexibility index (Phi) is 5.58. The first-order chi connectivity index (χ1) is 12.6. The Morgan fingerprint density at radius 3 is 2.42 bits per heavy atom. The number of nitrogens with two attached hydrogens (primary N) is 1. The number of carbonyl (C=O) groups excluding carboxylic acids is 1. The Morgan fingerprint density at radius 2 is 1.77 bits per heavy atom. The van der Waals surface area contributed by atoms with Gasteiger partial charge in [0.15, 0.2) is 11.5 Å². The van der Waals surface area contributed by atoms with Crippen molar-refractivity contribution in [3.05, 3.63) is 70.9 Å². The summed E-state index contributed by atoms with van der Waals surface area (Å²) in [5.74, 6) is -0.0626. The van der Waals surface area contributed by atoms with Crippen LogP contribution in [-0.2, 0) is 13.1 Å². The van der Waals surface area contributed by atoms with Gasteiger partial charge in [0.05, 0.1) is 6.54 Å². The topological polar surface area (TPSA) is 85.8 Å². The molecule has 3 aromatic rings. The fourth-order valence-electron chi connectivity index (χ4n) is 2.47. The summed E-state index contributed by atoms with van der Waals surface area (Å²) in [6.45, 7) is 2.91. The Hall–Kier alpha value is -2.80. The molecular weight excluding hydrogens is 346 g/mol. The molecule has 1 heterocycles. The summed E-state index contributed by atoms with van der Waals surface area (Å²) in [5, 5.41) is 10.8. The number of anilines is 1. The average molecular weight is 367 g/mol. The van der Waals surface area contributed by atoms with Crippen LogP contribution in [0.3, 0.4) is 0 Å². The molecule has 0 atom stereocenters. The van der Waals surface area contributed by atoms with E-state index in [0.717, 1.165) is 11.1 Å². The van der Waals surface area contributed by atoms with Gasteiger partial charge < -0.3 is 11.1 Å². The summed E-state index contributed by atoms with van der Waals surface area (Å²) in [6.07, 6.45) is 2.03. The Morgan fingerprint density at radius 1 is 1.12 bits per heavy atom. The van der Waals surface area contributed by atoms with Gasteiger partial charge >= 0.3 is 0 Å². The summed E-state index contributed by atoms with van der Waals surface area (Å²) < 4.78 is 1.54. The average Bonchev–Trinajstić information content (AvgIpc) is 3.02. The van der Waals surface area contributed by atoms with Crippen LogP contribution in [0.25, 0.3) is 0 Å². The maximum Gasteiger partial charge on any atom is 0.275 e. The number of nitrogens with zero attached hydrogens (tertiary/aromatic N) is 3. The SMILES string of the molecule is CSc1ccc(Cn2nnc(C(=O)NCc3ccc(C)cc3)c2N)cc1. The summed E-state index contributed by atoms with van der Waals surface area (Å²) in [7, 11) is 0. The maximum atomic E-state index is 12.3. The van der Waals surface area contributed by atoms with Gasteiger partial charge in [-0.2, -0.15) is 0 Å². The molecule has 0 aliphatic heterocycles. The number of benzene rings is 2. The molecule has 26 heavy (non-hydrogen) atoms. The van der Waals surface area contributed by atoms with E-state index in [1.807, 2.05) is 61.7 Å². The van der Waals surface area contributed by atoms with E-state index in [9.17, 15) is 4.79 Å². The molecule has 0 unspecified atom stereocenters. The van der Waals surface area contributed by atoms with Crippen molar-refractivity contribution in [1.82, 2.24) is 20.3 Å². The normalized spacial score (nSPS) is 10.7. The lowest BCUT2D eigenvalue weighted by atomic mass is 10.1. The van der Waals surface area contributed by atoms with Crippen molar-refractivity contribution in [3.8, 4) is 0 Å². The highest BCUT2D eigenvalue weighted by atomic mass is 32.2. The van der Waals surface area contributed by atoms with Gasteiger partial charge in [-0.1, -0.05) is 47.2 Å². The van der Waals surface area contributed by atoms with Crippen LogP contribution in [0.4, 0.5) is 5.82 Å². The van der Waals surface area contributed by atoms with E-state index in [0.29, 0.717) is 13.1 Å². The number of amides is 1. The van der Waals surface area contributed by atoms with Crippen LogP contribution in [0.5, 0.6) is 0 Å². The Balaban J connectivity index is 1.65. The van der Waals surface area contributed by atoms with Crippen LogP contribution in [0, 0.1) is 6.92 Å². The number of thioether (sulfide) groups is 1. The van der Waals surface area contributed by atoms with Crippen molar-refractivity contribution < 1.29 is 4.79 Å². The fourth-order valence-corrected chi connectivity index (χ4v) is 2.88. The van der Waals surface area contributed by atoms with Crippen molar-refractivity contribution in [2.75, 3.05) is 12.0 Å². The van der Waals surface area contributed by atoms with Gasteiger partial charge in [-0.15, -0.1) is 16.9 Å². The molecule has 3 rings (SSSR count). The van der Waals surface area contributed by atoms with E-state index in [2.05, 4.69) is 15.6 Å². The van der Waals surface area contributed by atoms with Crippen molar-refractivity contribution in [1.29, 1.82) is 0 Å². The molecule has 134 valence electrons. The number of hydrogen-bond donors (Lipinski definition) is 2. The van der Waals surface area contributed by atoms with Gasteiger partial charge in [-0.05, 0) is 36.4 Å². The van der Waals surface area contributed by atoms with Gasteiger partial charge in [0, 0.05) is 11.4 Å². The number of hydrogen-bond acceptors (Lipinski definition) is 5. The molecule has 0 radical (unpaired) electrons. The molecule has 2 aromatic carbocycles. The first-order valence-corrected chi connectivity index (χ1v) is 9.45. The van der Waals surface area contributed by atoms with Crippen LogP contribution < -0.4 is 11.1 Å². The zero-order valence-corrected chi connectivity index (χ0v) is 15.6. The molecule has 0 spiro atoms. The second kappa shape index (κ2) is 8.05. The minimum absolute atomic E-state index is 0.151. The Bertz CT molecular complexity index is 887. The highest BCUT2D eigenvalue weighted by molar-refractivity contribution is 7.98. The van der Waals surface area contributed by atoms with Crippen molar-refractivity contribution in [2.45, 2.75) is 24.9 Å². The number of aryl methyl sites for hydroxylation is 1. The third-order valence-electron chi connectivity index (χ3n) is 4.05. The van der Waals surface area contributed by atoms with E-state index in [4.69, 9.17) is 5.73 Å². The van der Waals surface area contributed by atoms with E-state index in [1.54, 1.807) is 11.8 Å². The zero-order valence-electron chi connectivity index (χ0n) is 14.8. The first kappa shape index (κ1) is 18.0. The number of carbonyl (C=O) groups is 1. The molecule has 0 aliphatic rings. The standard InChI is InChI=1S/C19H21N5OS/c1-13-3-5-14(6-4-13)11-21-19(25)17-18(20)24(23-22-17)12-15-7-9-16(26-2)10-8-15/h3-10H,11-12,20H2,1-2H3,(H,21,25). The third-order valence-corrected chi connectivity index (χ3v) is 4.80. The van der Waals surface area contributed by atoms with Gasteiger partial charge in [-0.3, -0.25) is 4.79 Å². The molecule has 0 saturated carbocycles. The predicted octanol–water partition coefficient (Wildman–Crippen LogP) is 2.87. The number of nitrogen functional groups attached to an aromatic ring is 1. The van der Waals surface area contributed by atoms with Crippen molar-refractivity contribution in [3.63, 3.8) is 0 Å². The number of aromatic nitrogens is 3. The molecular formula is C19H21N5OS. The van der Waals surface area contributed by atoms with E-state index < -0.39 is 0 Å².